The molecule has 1 aromatic rings. The van der Waals surface area contributed by atoms with Crippen LogP contribution >= 0.6 is 0 Å². The molecule has 3 rings (SSSR count). The van der Waals surface area contributed by atoms with Crippen molar-refractivity contribution in [3.8, 4) is 5.88 Å². The molecule has 1 fully saturated rings. The van der Waals surface area contributed by atoms with E-state index >= 15 is 0 Å². The number of rotatable bonds is 3. The molecular weight excluding hydrogens is 266 g/mol. The predicted molar refractivity (Wildman–Crippen MR) is 78.9 cm³/mol. The summed E-state index contributed by atoms with van der Waals surface area (Å²) in [4.78, 5) is 14.4. The van der Waals surface area contributed by atoms with Gasteiger partial charge in [0.05, 0.1) is 12.2 Å². The van der Waals surface area contributed by atoms with Gasteiger partial charge < -0.3 is 9.64 Å². The summed E-state index contributed by atoms with van der Waals surface area (Å²) >= 11 is 0. The standard InChI is InChI=1S/C16H21N3O2/c1-12-7-8-15(18-17-12)21-14-9-10-19(11-14)16(20)13-5-3-2-4-6-13/h2-3,7-8,13-14H,4-6,9-11H2,1H3. The number of carbonyl (C=O) groups excluding carboxylic acids is 1. The second-order valence-electron chi connectivity index (χ2n) is 5.81. The largest absolute Gasteiger partial charge is 0.471 e. The molecule has 1 aliphatic heterocycles. The highest BCUT2D eigenvalue weighted by molar-refractivity contribution is 5.79. The Kier molecular flexibility index (Phi) is 4.18. The van der Waals surface area contributed by atoms with Crippen molar-refractivity contribution in [2.75, 3.05) is 13.1 Å². The number of hydrogen-bond donors (Lipinski definition) is 0. The van der Waals surface area contributed by atoms with Crippen LogP contribution in [0.5, 0.6) is 5.88 Å². The highest BCUT2D eigenvalue weighted by Crippen LogP contribution is 2.24. The molecule has 2 heterocycles. The Balaban J connectivity index is 1.54. The maximum absolute atomic E-state index is 12.5. The zero-order chi connectivity index (χ0) is 14.7. The number of ether oxygens (including phenoxy) is 1. The van der Waals surface area contributed by atoms with Gasteiger partial charge in [-0.05, 0) is 32.3 Å². The molecule has 2 atom stereocenters. The van der Waals surface area contributed by atoms with Gasteiger partial charge in [-0.3, -0.25) is 4.79 Å². The van der Waals surface area contributed by atoms with E-state index in [2.05, 4.69) is 22.3 Å². The Morgan fingerprint density at radius 2 is 2.19 bits per heavy atom. The molecule has 0 N–H and O–H groups in total. The van der Waals surface area contributed by atoms with E-state index in [9.17, 15) is 4.79 Å². The third kappa shape index (κ3) is 3.40. The van der Waals surface area contributed by atoms with Gasteiger partial charge in [0.15, 0.2) is 0 Å². The van der Waals surface area contributed by atoms with Crippen LogP contribution < -0.4 is 4.74 Å². The van der Waals surface area contributed by atoms with Crippen molar-refractivity contribution in [2.24, 2.45) is 5.92 Å². The average Bonchev–Trinajstić information content (AvgIpc) is 2.98. The van der Waals surface area contributed by atoms with E-state index in [1.807, 2.05) is 24.0 Å². The van der Waals surface area contributed by atoms with Gasteiger partial charge in [0.1, 0.15) is 6.10 Å². The maximum atomic E-state index is 12.5. The van der Waals surface area contributed by atoms with Gasteiger partial charge in [-0.25, -0.2) is 0 Å². The molecule has 1 amide bonds. The summed E-state index contributed by atoms with van der Waals surface area (Å²) in [6, 6.07) is 3.72. The fourth-order valence-corrected chi connectivity index (χ4v) is 2.92. The van der Waals surface area contributed by atoms with E-state index < -0.39 is 0 Å². The van der Waals surface area contributed by atoms with Crippen LogP contribution in [-0.4, -0.2) is 40.2 Å². The summed E-state index contributed by atoms with van der Waals surface area (Å²) in [6.07, 6.45) is 8.05. The van der Waals surface area contributed by atoms with Crippen LogP contribution in [0.3, 0.4) is 0 Å². The maximum Gasteiger partial charge on any atom is 0.233 e. The molecular formula is C16H21N3O2. The van der Waals surface area contributed by atoms with Crippen molar-refractivity contribution in [2.45, 2.75) is 38.7 Å². The van der Waals surface area contributed by atoms with Gasteiger partial charge in [0.25, 0.3) is 0 Å². The zero-order valence-electron chi connectivity index (χ0n) is 12.4. The van der Waals surface area contributed by atoms with Crippen molar-refractivity contribution < 1.29 is 9.53 Å². The molecule has 5 nitrogen and oxygen atoms in total. The van der Waals surface area contributed by atoms with Gasteiger partial charge in [-0.1, -0.05) is 12.2 Å². The number of allylic oxidation sites excluding steroid dienone is 2. The van der Waals surface area contributed by atoms with Crippen LogP contribution in [0.25, 0.3) is 0 Å². The quantitative estimate of drug-likeness (QED) is 0.799. The highest BCUT2D eigenvalue weighted by Gasteiger charge is 2.31. The summed E-state index contributed by atoms with van der Waals surface area (Å²) in [6.45, 7) is 3.34. The van der Waals surface area contributed by atoms with Crippen LogP contribution in [-0.2, 0) is 4.79 Å². The minimum atomic E-state index is 0.0325. The molecule has 0 saturated carbocycles. The van der Waals surface area contributed by atoms with Crippen LogP contribution in [0.15, 0.2) is 24.3 Å². The first-order valence-corrected chi connectivity index (χ1v) is 7.63. The summed E-state index contributed by atoms with van der Waals surface area (Å²) in [5.74, 6) is 0.980. The van der Waals surface area contributed by atoms with Gasteiger partial charge in [-0.15, -0.1) is 5.10 Å². The van der Waals surface area contributed by atoms with E-state index in [1.165, 1.54) is 0 Å². The van der Waals surface area contributed by atoms with Crippen molar-refractivity contribution in [1.29, 1.82) is 0 Å². The fraction of sp³-hybridized carbons (Fsp3) is 0.562. The highest BCUT2D eigenvalue weighted by atomic mass is 16.5. The van der Waals surface area contributed by atoms with Crippen molar-refractivity contribution >= 4 is 5.91 Å². The van der Waals surface area contributed by atoms with Crippen molar-refractivity contribution in [3.05, 3.63) is 30.0 Å². The van der Waals surface area contributed by atoms with Gasteiger partial charge in [0, 0.05) is 24.9 Å². The Labute approximate surface area is 125 Å². The Hall–Kier alpha value is -1.91. The lowest BCUT2D eigenvalue weighted by molar-refractivity contribution is -0.135. The fourth-order valence-electron chi connectivity index (χ4n) is 2.92. The molecule has 21 heavy (non-hydrogen) atoms. The Morgan fingerprint density at radius 1 is 1.29 bits per heavy atom. The molecule has 2 unspecified atom stereocenters. The molecule has 0 radical (unpaired) electrons. The molecule has 0 bridgehead atoms. The third-order valence-electron chi connectivity index (χ3n) is 4.14. The lowest BCUT2D eigenvalue weighted by Crippen LogP contribution is -2.36. The molecule has 1 saturated heterocycles. The molecule has 5 heteroatoms. The number of amides is 1. The van der Waals surface area contributed by atoms with Crippen LogP contribution in [0.4, 0.5) is 0 Å². The van der Waals surface area contributed by atoms with Crippen LogP contribution in [0, 0.1) is 12.8 Å². The normalized spacial score (nSPS) is 25.1. The predicted octanol–water partition coefficient (Wildman–Crippen LogP) is 2.12. The summed E-state index contributed by atoms with van der Waals surface area (Å²) in [5.41, 5.74) is 0.871. The molecule has 112 valence electrons. The van der Waals surface area contributed by atoms with E-state index in [0.717, 1.165) is 37.9 Å². The molecule has 2 aliphatic rings. The summed E-state index contributed by atoms with van der Waals surface area (Å²) in [7, 11) is 0. The second-order valence-corrected chi connectivity index (χ2v) is 5.81. The van der Waals surface area contributed by atoms with Crippen LogP contribution in [0.2, 0.25) is 0 Å². The van der Waals surface area contributed by atoms with E-state index in [1.54, 1.807) is 0 Å². The number of likely N-dealkylation sites (tertiary alicyclic amines) is 1. The lowest BCUT2D eigenvalue weighted by Gasteiger charge is -2.24. The molecule has 1 aliphatic carbocycles. The number of carbonyl (C=O) groups is 1. The molecule has 1 aromatic heterocycles. The van der Waals surface area contributed by atoms with Crippen molar-refractivity contribution in [3.63, 3.8) is 0 Å². The number of aryl methyl sites for hydroxylation is 1. The van der Waals surface area contributed by atoms with E-state index in [0.29, 0.717) is 12.4 Å². The SMILES string of the molecule is Cc1ccc(OC2CCN(C(=O)C3CC=CCC3)C2)nn1. The minimum absolute atomic E-state index is 0.0325. The smallest absolute Gasteiger partial charge is 0.233 e. The second kappa shape index (κ2) is 6.24. The first-order chi connectivity index (χ1) is 10.2. The zero-order valence-corrected chi connectivity index (χ0v) is 12.4. The minimum Gasteiger partial charge on any atom is -0.471 e. The topological polar surface area (TPSA) is 55.3 Å². The van der Waals surface area contributed by atoms with E-state index in [-0.39, 0.29) is 17.9 Å². The number of hydrogen-bond acceptors (Lipinski definition) is 4. The van der Waals surface area contributed by atoms with Gasteiger partial charge in [0.2, 0.25) is 11.8 Å². The number of aromatic nitrogens is 2. The monoisotopic (exact) mass is 287 g/mol. The van der Waals surface area contributed by atoms with Gasteiger partial charge in [-0.2, -0.15) is 5.10 Å². The van der Waals surface area contributed by atoms with E-state index in [4.69, 9.17) is 4.74 Å². The lowest BCUT2D eigenvalue weighted by atomic mass is 9.93. The summed E-state index contributed by atoms with van der Waals surface area (Å²) < 4.78 is 5.82. The van der Waals surface area contributed by atoms with Crippen molar-refractivity contribution in [1.82, 2.24) is 15.1 Å². The molecule has 0 spiro atoms. The van der Waals surface area contributed by atoms with Gasteiger partial charge >= 0.3 is 0 Å². The first-order valence-electron chi connectivity index (χ1n) is 7.63. The average molecular weight is 287 g/mol. The first kappa shape index (κ1) is 14.0. The number of nitrogens with zero attached hydrogens (tertiary/aromatic N) is 3. The Morgan fingerprint density at radius 3 is 2.90 bits per heavy atom. The van der Waals surface area contributed by atoms with Crippen LogP contribution in [0.1, 0.15) is 31.4 Å². The Bertz CT molecular complexity index is 527. The third-order valence-corrected chi connectivity index (χ3v) is 4.14. The molecule has 0 aromatic carbocycles. The summed E-state index contributed by atoms with van der Waals surface area (Å²) in [5, 5.41) is 8.00.